The van der Waals surface area contributed by atoms with Crippen LogP contribution < -0.4 is 10.6 Å². The molecule has 32 heavy (non-hydrogen) atoms. The van der Waals surface area contributed by atoms with Crippen LogP contribution in [0.3, 0.4) is 0 Å². The standard InChI is InChI=1S/C26H36N2O4/c1-2-3-4-5-6-12-17-27-25(30)24-16-11-10-15-22(24)18-23(19-29)28-26(31)32-20-21-13-8-7-9-14-21/h7-11,13-16,23,29H,2-6,12,17-20H2,1H3,(H,27,30)(H,28,31)/t23-/m1/s1. The first-order valence-electron chi connectivity index (χ1n) is 11.6. The van der Waals surface area contributed by atoms with Gasteiger partial charge in [0.2, 0.25) is 0 Å². The Morgan fingerprint density at radius 2 is 1.62 bits per heavy atom. The van der Waals surface area contributed by atoms with Crippen molar-refractivity contribution in [3.8, 4) is 0 Å². The summed E-state index contributed by atoms with van der Waals surface area (Å²) in [5.41, 5.74) is 2.22. The fraction of sp³-hybridized carbons (Fsp3) is 0.462. The molecule has 0 heterocycles. The number of carbonyl (C=O) groups excluding carboxylic acids is 2. The van der Waals surface area contributed by atoms with E-state index in [1.165, 1.54) is 25.7 Å². The summed E-state index contributed by atoms with van der Waals surface area (Å²) in [6.07, 6.45) is 6.74. The third kappa shape index (κ3) is 9.52. The second-order valence-corrected chi connectivity index (χ2v) is 7.97. The Labute approximate surface area is 191 Å². The topological polar surface area (TPSA) is 87.7 Å². The highest BCUT2D eigenvalue weighted by Gasteiger charge is 2.17. The van der Waals surface area contributed by atoms with Crippen molar-refractivity contribution in [1.82, 2.24) is 10.6 Å². The van der Waals surface area contributed by atoms with Gasteiger partial charge < -0.3 is 20.5 Å². The molecule has 0 saturated carbocycles. The molecule has 0 spiro atoms. The highest BCUT2D eigenvalue weighted by molar-refractivity contribution is 5.95. The first-order valence-corrected chi connectivity index (χ1v) is 11.6. The monoisotopic (exact) mass is 440 g/mol. The van der Waals surface area contributed by atoms with Gasteiger partial charge in [0.15, 0.2) is 0 Å². The van der Waals surface area contributed by atoms with E-state index in [0.29, 0.717) is 18.5 Å². The van der Waals surface area contributed by atoms with E-state index >= 15 is 0 Å². The number of hydrogen-bond acceptors (Lipinski definition) is 4. The Morgan fingerprint density at radius 1 is 0.938 bits per heavy atom. The fourth-order valence-corrected chi connectivity index (χ4v) is 3.48. The summed E-state index contributed by atoms with van der Waals surface area (Å²) >= 11 is 0. The predicted molar refractivity (Wildman–Crippen MR) is 126 cm³/mol. The van der Waals surface area contributed by atoms with Crippen LogP contribution in [0, 0.1) is 0 Å². The lowest BCUT2D eigenvalue weighted by atomic mass is 10.00. The van der Waals surface area contributed by atoms with Gasteiger partial charge in [-0.1, -0.05) is 87.6 Å². The smallest absolute Gasteiger partial charge is 0.407 e. The van der Waals surface area contributed by atoms with Crippen molar-refractivity contribution in [2.75, 3.05) is 13.2 Å². The van der Waals surface area contributed by atoms with Crippen molar-refractivity contribution in [3.63, 3.8) is 0 Å². The Morgan fingerprint density at radius 3 is 2.38 bits per heavy atom. The van der Waals surface area contributed by atoms with Gasteiger partial charge in [0.05, 0.1) is 12.6 Å². The van der Waals surface area contributed by atoms with Gasteiger partial charge >= 0.3 is 6.09 Å². The number of aliphatic hydroxyl groups is 1. The molecule has 3 N–H and O–H groups in total. The number of ether oxygens (including phenoxy) is 1. The Balaban J connectivity index is 1.82. The van der Waals surface area contributed by atoms with Crippen LogP contribution in [0.25, 0.3) is 0 Å². The lowest BCUT2D eigenvalue weighted by molar-refractivity contribution is 0.0951. The van der Waals surface area contributed by atoms with Crippen LogP contribution >= 0.6 is 0 Å². The van der Waals surface area contributed by atoms with Crippen LogP contribution in [-0.2, 0) is 17.8 Å². The van der Waals surface area contributed by atoms with Crippen molar-refractivity contribution in [3.05, 3.63) is 71.3 Å². The number of rotatable bonds is 14. The number of hydrogen-bond donors (Lipinski definition) is 3. The molecule has 6 nitrogen and oxygen atoms in total. The summed E-state index contributed by atoms with van der Waals surface area (Å²) in [7, 11) is 0. The molecule has 2 aromatic carbocycles. The molecule has 174 valence electrons. The molecule has 0 radical (unpaired) electrons. The molecule has 0 fully saturated rings. The van der Waals surface area contributed by atoms with Crippen LogP contribution in [-0.4, -0.2) is 36.3 Å². The van der Waals surface area contributed by atoms with Crippen molar-refractivity contribution < 1.29 is 19.4 Å². The Kier molecular flexibility index (Phi) is 11.9. The summed E-state index contributed by atoms with van der Waals surface area (Å²) in [5.74, 6) is -0.127. The van der Waals surface area contributed by atoms with E-state index in [1.807, 2.05) is 48.5 Å². The Hall–Kier alpha value is -2.86. The van der Waals surface area contributed by atoms with E-state index in [4.69, 9.17) is 4.74 Å². The average Bonchev–Trinajstić information content (AvgIpc) is 2.82. The molecule has 0 aliphatic heterocycles. The predicted octanol–water partition coefficient (Wildman–Crippen LogP) is 4.61. The minimum atomic E-state index is -0.599. The molecular weight excluding hydrogens is 404 g/mol. The van der Waals surface area contributed by atoms with Crippen LogP contribution in [0.4, 0.5) is 4.79 Å². The van der Waals surface area contributed by atoms with Crippen molar-refractivity contribution in [1.29, 1.82) is 0 Å². The number of alkyl carbamates (subject to hydrolysis) is 1. The van der Waals surface area contributed by atoms with E-state index in [-0.39, 0.29) is 19.1 Å². The average molecular weight is 441 g/mol. The van der Waals surface area contributed by atoms with Crippen LogP contribution in [0.1, 0.15) is 66.9 Å². The second kappa shape index (κ2) is 15.0. The maximum absolute atomic E-state index is 12.7. The van der Waals surface area contributed by atoms with Crippen molar-refractivity contribution in [2.24, 2.45) is 0 Å². The maximum Gasteiger partial charge on any atom is 0.407 e. The molecule has 0 saturated heterocycles. The van der Waals surface area contributed by atoms with E-state index in [2.05, 4.69) is 17.6 Å². The van der Waals surface area contributed by atoms with E-state index in [0.717, 1.165) is 24.0 Å². The summed E-state index contributed by atoms with van der Waals surface area (Å²) in [4.78, 5) is 24.8. The van der Waals surface area contributed by atoms with Gasteiger partial charge in [-0.15, -0.1) is 0 Å². The van der Waals surface area contributed by atoms with Gasteiger partial charge in [-0.3, -0.25) is 4.79 Å². The molecule has 6 heteroatoms. The molecule has 1 atom stereocenters. The van der Waals surface area contributed by atoms with E-state index in [1.54, 1.807) is 6.07 Å². The number of amides is 2. The van der Waals surface area contributed by atoms with Gasteiger partial charge in [-0.25, -0.2) is 4.79 Å². The molecule has 0 unspecified atom stereocenters. The molecule has 0 bridgehead atoms. The minimum absolute atomic E-state index is 0.127. The van der Waals surface area contributed by atoms with E-state index in [9.17, 15) is 14.7 Å². The summed E-state index contributed by atoms with van der Waals surface area (Å²) in [6.45, 7) is 2.74. The minimum Gasteiger partial charge on any atom is -0.445 e. The van der Waals surface area contributed by atoms with Gasteiger partial charge in [0, 0.05) is 12.1 Å². The van der Waals surface area contributed by atoms with Crippen molar-refractivity contribution >= 4 is 12.0 Å². The first-order chi connectivity index (χ1) is 15.6. The summed E-state index contributed by atoms with van der Waals surface area (Å²) in [5, 5.41) is 15.4. The summed E-state index contributed by atoms with van der Waals surface area (Å²) in [6, 6.07) is 16.1. The highest BCUT2D eigenvalue weighted by Crippen LogP contribution is 2.12. The van der Waals surface area contributed by atoms with Gasteiger partial charge in [-0.2, -0.15) is 0 Å². The number of carbonyl (C=O) groups is 2. The molecular formula is C26H36N2O4. The molecule has 0 aromatic heterocycles. The molecule has 0 aliphatic rings. The quantitative estimate of drug-likeness (QED) is 0.375. The molecule has 2 rings (SSSR count). The lowest BCUT2D eigenvalue weighted by Gasteiger charge is -2.18. The second-order valence-electron chi connectivity index (χ2n) is 7.97. The van der Waals surface area contributed by atoms with Crippen LogP contribution in [0.5, 0.6) is 0 Å². The fourth-order valence-electron chi connectivity index (χ4n) is 3.48. The molecule has 0 aliphatic carbocycles. The highest BCUT2D eigenvalue weighted by atomic mass is 16.5. The zero-order valence-electron chi connectivity index (χ0n) is 19.0. The zero-order chi connectivity index (χ0) is 23.0. The van der Waals surface area contributed by atoms with Crippen molar-refractivity contribution in [2.45, 2.75) is 64.5 Å². The number of nitrogens with one attached hydrogen (secondary N) is 2. The number of benzene rings is 2. The third-order valence-corrected chi connectivity index (χ3v) is 5.30. The van der Waals surface area contributed by atoms with Crippen LogP contribution in [0.15, 0.2) is 54.6 Å². The maximum atomic E-state index is 12.7. The normalized spacial score (nSPS) is 11.6. The first kappa shape index (κ1) is 25.4. The van der Waals surface area contributed by atoms with E-state index < -0.39 is 12.1 Å². The van der Waals surface area contributed by atoms with Gasteiger partial charge in [-0.05, 0) is 30.0 Å². The summed E-state index contributed by atoms with van der Waals surface area (Å²) < 4.78 is 5.24. The van der Waals surface area contributed by atoms with Gasteiger partial charge in [0.1, 0.15) is 6.61 Å². The SMILES string of the molecule is CCCCCCCCNC(=O)c1ccccc1C[C@H](CO)NC(=O)OCc1ccccc1. The molecule has 2 amide bonds. The molecule has 2 aromatic rings. The van der Waals surface area contributed by atoms with Gasteiger partial charge in [0.25, 0.3) is 5.91 Å². The third-order valence-electron chi connectivity index (χ3n) is 5.30. The largest absolute Gasteiger partial charge is 0.445 e. The number of aliphatic hydroxyl groups excluding tert-OH is 1. The lowest BCUT2D eigenvalue weighted by Crippen LogP contribution is -2.39. The number of unbranched alkanes of at least 4 members (excludes halogenated alkanes) is 5. The zero-order valence-corrected chi connectivity index (χ0v) is 19.0. The van der Waals surface area contributed by atoms with Crippen LogP contribution in [0.2, 0.25) is 0 Å². The Bertz CT molecular complexity index is 810.